The molecule has 1 aromatic rings. The normalized spacial score (nSPS) is 18.2. The van der Waals surface area contributed by atoms with Crippen LogP contribution in [0.1, 0.15) is 24.8 Å². The van der Waals surface area contributed by atoms with Crippen LogP contribution in [0.4, 0.5) is 0 Å². The van der Waals surface area contributed by atoms with Crippen LogP contribution in [-0.2, 0) is 0 Å². The number of halogens is 1. The Morgan fingerprint density at radius 1 is 1.35 bits per heavy atom. The number of hydrogen-bond acceptors (Lipinski definition) is 2. The molecule has 2 rings (SSSR count). The van der Waals surface area contributed by atoms with Gasteiger partial charge in [0.25, 0.3) is 0 Å². The van der Waals surface area contributed by atoms with Gasteiger partial charge in [-0.2, -0.15) is 0 Å². The molecular formula is C14H20ClNO. The van der Waals surface area contributed by atoms with Crippen LogP contribution < -0.4 is 4.74 Å². The van der Waals surface area contributed by atoms with Gasteiger partial charge in [-0.05, 0) is 19.0 Å². The van der Waals surface area contributed by atoms with Crippen molar-refractivity contribution in [3.63, 3.8) is 0 Å². The molecular weight excluding hydrogens is 234 g/mol. The lowest BCUT2D eigenvalue weighted by Gasteiger charge is -2.23. The van der Waals surface area contributed by atoms with Gasteiger partial charge in [0, 0.05) is 30.5 Å². The van der Waals surface area contributed by atoms with E-state index >= 15 is 0 Å². The summed E-state index contributed by atoms with van der Waals surface area (Å²) in [6.45, 7) is 6.15. The molecule has 0 N–H and O–H groups in total. The lowest BCUT2D eigenvalue weighted by atomic mass is 10.0. The fourth-order valence-electron chi connectivity index (χ4n) is 2.42. The highest BCUT2D eigenvalue weighted by Crippen LogP contribution is 2.33. The first-order valence-corrected chi connectivity index (χ1v) is 6.88. The first kappa shape index (κ1) is 12.7. The molecule has 1 heterocycles. The predicted molar refractivity (Wildman–Crippen MR) is 72.1 cm³/mol. The van der Waals surface area contributed by atoms with Crippen LogP contribution in [0.15, 0.2) is 24.3 Å². The van der Waals surface area contributed by atoms with Crippen LogP contribution in [0, 0.1) is 0 Å². The second kappa shape index (κ2) is 6.27. The van der Waals surface area contributed by atoms with E-state index in [1.54, 1.807) is 0 Å². The van der Waals surface area contributed by atoms with Gasteiger partial charge in [0.1, 0.15) is 5.75 Å². The fourth-order valence-corrected chi connectivity index (χ4v) is 2.66. The summed E-state index contributed by atoms with van der Waals surface area (Å²) in [5, 5.41) is 0. The van der Waals surface area contributed by atoms with Crippen molar-refractivity contribution in [3.8, 4) is 5.75 Å². The van der Waals surface area contributed by atoms with E-state index in [0.29, 0.717) is 11.8 Å². The summed E-state index contributed by atoms with van der Waals surface area (Å²) in [6.07, 6.45) is 1.17. The van der Waals surface area contributed by atoms with Crippen molar-refractivity contribution >= 4 is 11.6 Å². The van der Waals surface area contributed by atoms with Gasteiger partial charge in [-0.25, -0.2) is 0 Å². The third-order valence-electron chi connectivity index (χ3n) is 3.22. The quantitative estimate of drug-likeness (QED) is 0.723. The van der Waals surface area contributed by atoms with Crippen molar-refractivity contribution in [3.05, 3.63) is 29.8 Å². The molecule has 0 amide bonds. The zero-order chi connectivity index (χ0) is 12.1. The molecule has 2 nitrogen and oxygen atoms in total. The van der Waals surface area contributed by atoms with Gasteiger partial charge >= 0.3 is 0 Å². The molecule has 17 heavy (non-hydrogen) atoms. The Morgan fingerprint density at radius 3 is 2.94 bits per heavy atom. The monoisotopic (exact) mass is 253 g/mol. The summed E-state index contributed by atoms with van der Waals surface area (Å²) in [7, 11) is 0. The molecule has 3 heteroatoms. The Balaban J connectivity index is 1.99. The van der Waals surface area contributed by atoms with Gasteiger partial charge in [0.15, 0.2) is 0 Å². The van der Waals surface area contributed by atoms with Crippen molar-refractivity contribution in [2.45, 2.75) is 19.3 Å². The van der Waals surface area contributed by atoms with Gasteiger partial charge < -0.3 is 9.64 Å². The summed E-state index contributed by atoms with van der Waals surface area (Å²) >= 11 is 5.84. The highest BCUT2D eigenvalue weighted by atomic mass is 35.5. The molecule has 0 spiro atoms. The second-order valence-electron chi connectivity index (χ2n) is 4.54. The summed E-state index contributed by atoms with van der Waals surface area (Å²) in [6, 6.07) is 8.36. The number of benzene rings is 1. The maximum Gasteiger partial charge on any atom is 0.122 e. The molecule has 0 fully saturated rings. The molecule has 1 unspecified atom stereocenters. The average Bonchev–Trinajstić information content (AvgIpc) is 2.74. The Labute approximate surface area is 109 Å². The minimum atomic E-state index is 0.501. The molecule has 1 aromatic carbocycles. The number of nitrogens with zero attached hydrogens (tertiary/aromatic N) is 1. The molecule has 1 aliphatic rings. The Hall–Kier alpha value is -0.730. The van der Waals surface area contributed by atoms with Gasteiger partial charge in [0.2, 0.25) is 0 Å². The lowest BCUT2D eigenvalue weighted by Crippen LogP contribution is -2.31. The standard InChI is InChI=1S/C14H20ClNO/c1-2-8-16(9-7-15)10-12-11-17-14-6-4-3-5-13(12)14/h3-6,12H,2,7-11H2,1H3. The summed E-state index contributed by atoms with van der Waals surface area (Å²) < 4.78 is 5.71. The first-order valence-electron chi connectivity index (χ1n) is 6.35. The van der Waals surface area contributed by atoms with Crippen LogP contribution in [0.2, 0.25) is 0 Å². The Bertz CT molecular complexity index is 350. The fraction of sp³-hybridized carbons (Fsp3) is 0.571. The Kier molecular flexibility index (Phi) is 4.69. The lowest BCUT2D eigenvalue weighted by molar-refractivity contribution is 0.243. The van der Waals surface area contributed by atoms with Gasteiger partial charge in [-0.3, -0.25) is 0 Å². The van der Waals surface area contributed by atoms with Gasteiger partial charge in [-0.1, -0.05) is 25.1 Å². The molecule has 0 saturated heterocycles. The maximum atomic E-state index is 5.84. The number of rotatable bonds is 6. The number of alkyl halides is 1. The first-order chi connectivity index (χ1) is 8.35. The molecule has 0 aromatic heterocycles. The molecule has 1 aliphatic heterocycles. The molecule has 0 saturated carbocycles. The van der Waals surface area contributed by atoms with Crippen molar-refractivity contribution in [2.24, 2.45) is 0 Å². The SMILES string of the molecule is CCCN(CCCl)CC1COc2ccccc21. The van der Waals surface area contributed by atoms with E-state index in [1.807, 2.05) is 6.07 Å². The number of ether oxygens (including phenoxy) is 1. The minimum absolute atomic E-state index is 0.501. The third-order valence-corrected chi connectivity index (χ3v) is 3.39. The van der Waals surface area contributed by atoms with Crippen LogP contribution in [0.5, 0.6) is 5.75 Å². The Morgan fingerprint density at radius 2 is 2.18 bits per heavy atom. The average molecular weight is 254 g/mol. The third kappa shape index (κ3) is 3.14. The molecule has 0 bridgehead atoms. The molecule has 94 valence electrons. The predicted octanol–water partition coefficient (Wildman–Crippen LogP) is 3.11. The smallest absolute Gasteiger partial charge is 0.122 e. The van der Waals surface area contributed by atoms with E-state index in [2.05, 4.69) is 30.0 Å². The van der Waals surface area contributed by atoms with Gasteiger partial charge in [0.05, 0.1) is 6.61 Å². The van der Waals surface area contributed by atoms with E-state index in [4.69, 9.17) is 16.3 Å². The van der Waals surface area contributed by atoms with E-state index in [-0.39, 0.29) is 0 Å². The van der Waals surface area contributed by atoms with Crippen molar-refractivity contribution < 1.29 is 4.74 Å². The van der Waals surface area contributed by atoms with E-state index in [1.165, 1.54) is 12.0 Å². The van der Waals surface area contributed by atoms with Crippen molar-refractivity contribution in [1.29, 1.82) is 0 Å². The van der Waals surface area contributed by atoms with Crippen LogP contribution >= 0.6 is 11.6 Å². The van der Waals surface area contributed by atoms with E-state index in [0.717, 1.165) is 32.0 Å². The number of fused-ring (bicyclic) bond motifs is 1. The summed E-state index contributed by atoms with van der Waals surface area (Å²) in [5.41, 5.74) is 1.35. The van der Waals surface area contributed by atoms with E-state index < -0.39 is 0 Å². The second-order valence-corrected chi connectivity index (χ2v) is 4.91. The molecule has 0 aliphatic carbocycles. The highest BCUT2D eigenvalue weighted by molar-refractivity contribution is 6.18. The topological polar surface area (TPSA) is 12.5 Å². The van der Waals surface area contributed by atoms with Crippen LogP contribution in [0.25, 0.3) is 0 Å². The zero-order valence-electron chi connectivity index (χ0n) is 10.4. The van der Waals surface area contributed by atoms with Crippen molar-refractivity contribution in [1.82, 2.24) is 4.90 Å². The molecule has 1 atom stereocenters. The number of hydrogen-bond donors (Lipinski definition) is 0. The van der Waals surface area contributed by atoms with Crippen LogP contribution in [-0.4, -0.2) is 37.0 Å². The van der Waals surface area contributed by atoms with Crippen LogP contribution in [0.3, 0.4) is 0 Å². The highest BCUT2D eigenvalue weighted by Gasteiger charge is 2.25. The van der Waals surface area contributed by atoms with E-state index in [9.17, 15) is 0 Å². The van der Waals surface area contributed by atoms with Gasteiger partial charge in [-0.15, -0.1) is 11.6 Å². The largest absolute Gasteiger partial charge is 0.493 e. The van der Waals surface area contributed by atoms with Crippen molar-refractivity contribution in [2.75, 3.05) is 32.1 Å². The summed E-state index contributed by atoms with van der Waals surface area (Å²) in [5.74, 6) is 2.26. The minimum Gasteiger partial charge on any atom is -0.493 e. The molecule has 0 radical (unpaired) electrons. The summed E-state index contributed by atoms with van der Waals surface area (Å²) in [4.78, 5) is 2.43. The number of para-hydroxylation sites is 1. The maximum absolute atomic E-state index is 5.84. The zero-order valence-corrected chi connectivity index (χ0v) is 11.1.